The zero-order valence-electron chi connectivity index (χ0n) is 21.7. The number of carbonyl (C=O) groups is 5. The van der Waals surface area contributed by atoms with Gasteiger partial charge < -0.3 is 14.8 Å². The first kappa shape index (κ1) is 31.7. The van der Waals surface area contributed by atoms with Gasteiger partial charge in [0.1, 0.15) is 6.04 Å². The predicted molar refractivity (Wildman–Crippen MR) is 152 cm³/mol. The molecule has 1 aliphatic heterocycles. The zero-order chi connectivity index (χ0) is 29.6. The largest absolute Gasteiger partial charge is 0.462 e. The topological polar surface area (TPSA) is 119 Å². The normalized spacial score (nSPS) is 13.2. The Morgan fingerprint density at radius 1 is 0.825 bits per heavy atom. The summed E-state index contributed by atoms with van der Waals surface area (Å²) in [5.41, 5.74) is 0.168. The van der Waals surface area contributed by atoms with Crippen LogP contribution in [-0.4, -0.2) is 53.8 Å². The maximum absolute atomic E-state index is 13.2. The van der Waals surface area contributed by atoms with Gasteiger partial charge in [0, 0.05) is 5.69 Å². The van der Waals surface area contributed by atoms with E-state index in [2.05, 4.69) is 5.32 Å². The van der Waals surface area contributed by atoms with Gasteiger partial charge in [-0.2, -0.15) is 0 Å². The van der Waals surface area contributed by atoms with Gasteiger partial charge in [0.25, 0.3) is 17.7 Å². The molecule has 9 nitrogen and oxygen atoms in total. The highest BCUT2D eigenvalue weighted by atomic mass is 35.5. The van der Waals surface area contributed by atoms with Crippen LogP contribution in [0.5, 0.6) is 0 Å². The van der Waals surface area contributed by atoms with Crippen LogP contribution < -0.4 is 5.32 Å². The van der Waals surface area contributed by atoms with E-state index in [0.29, 0.717) is 35.6 Å². The summed E-state index contributed by atoms with van der Waals surface area (Å²) >= 11 is 24.5. The highest BCUT2D eigenvalue weighted by Gasteiger charge is 2.47. The minimum atomic E-state index is -1.34. The van der Waals surface area contributed by atoms with E-state index in [1.165, 1.54) is 24.3 Å². The molecule has 214 valence electrons. The number of nitrogens with one attached hydrogen (secondary N) is 1. The van der Waals surface area contributed by atoms with Crippen LogP contribution in [0.1, 0.15) is 77.0 Å². The van der Waals surface area contributed by atoms with Gasteiger partial charge in [0.05, 0.1) is 43.4 Å². The highest BCUT2D eigenvalue weighted by molar-refractivity contribution is 6.55. The molecule has 0 fully saturated rings. The number of benzene rings is 2. The number of hydrogen-bond acceptors (Lipinski definition) is 7. The number of ether oxygens (including phenoxy) is 2. The van der Waals surface area contributed by atoms with Crippen LogP contribution in [-0.2, 0) is 19.1 Å². The summed E-state index contributed by atoms with van der Waals surface area (Å²) < 4.78 is 10.3. The van der Waals surface area contributed by atoms with E-state index in [1.54, 1.807) is 0 Å². The Labute approximate surface area is 251 Å². The van der Waals surface area contributed by atoms with E-state index in [4.69, 9.17) is 55.9 Å². The van der Waals surface area contributed by atoms with Crippen LogP contribution in [0.15, 0.2) is 24.3 Å². The van der Waals surface area contributed by atoms with Crippen molar-refractivity contribution < 1.29 is 33.4 Å². The Balaban J connectivity index is 1.68. The summed E-state index contributed by atoms with van der Waals surface area (Å²) in [6.07, 6.45) is 2.85. The highest BCUT2D eigenvalue weighted by Crippen LogP contribution is 2.45. The van der Waals surface area contributed by atoms with Crippen molar-refractivity contribution in [3.05, 3.63) is 61.0 Å². The lowest BCUT2D eigenvalue weighted by atomic mass is 10.1. The van der Waals surface area contributed by atoms with Crippen molar-refractivity contribution in [2.45, 2.75) is 52.0 Å². The number of fused-ring (bicyclic) bond motifs is 1. The van der Waals surface area contributed by atoms with E-state index >= 15 is 0 Å². The summed E-state index contributed by atoms with van der Waals surface area (Å²) in [7, 11) is 0. The van der Waals surface area contributed by atoms with Crippen LogP contribution in [0.4, 0.5) is 5.69 Å². The molecule has 2 aromatic carbocycles. The van der Waals surface area contributed by atoms with Crippen molar-refractivity contribution in [1.82, 2.24) is 4.90 Å². The van der Waals surface area contributed by atoms with Crippen molar-refractivity contribution in [2.75, 3.05) is 18.5 Å². The van der Waals surface area contributed by atoms with Crippen LogP contribution in [0.3, 0.4) is 0 Å². The molecule has 0 radical (unpaired) electrons. The Morgan fingerprint density at radius 2 is 1.38 bits per heavy atom. The number of halogens is 4. The number of carbonyl (C=O) groups excluding carboxylic acids is 5. The Hall–Kier alpha value is -2.85. The van der Waals surface area contributed by atoms with E-state index in [0.717, 1.165) is 12.8 Å². The molecule has 0 aromatic heterocycles. The van der Waals surface area contributed by atoms with Gasteiger partial charge in [-0.05, 0) is 37.1 Å². The zero-order valence-corrected chi connectivity index (χ0v) is 24.7. The smallest absolute Gasteiger partial charge is 0.338 e. The van der Waals surface area contributed by atoms with Crippen molar-refractivity contribution >= 4 is 81.8 Å². The van der Waals surface area contributed by atoms with E-state index in [1.807, 2.05) is 13.8 Å². The monoisotopic (exact) mass is 630 g/mol. The Morgan fingerprint density at radius 3 is 1.90 bits per heavy atom. The molecule has 3 amide bonds. The number of rotatable bonds is 12. The molecular formula is C27H26Cl4N2O7. The molecule has 1 heterocycles. The summed E-state index contributed by atoms with van der Waals surface area (Å²) in [6.45, 7) is 3.48. The molecule has 3 rings (SSSR count). The van der Waals surface area contributed by atoms with Gasteiger partial charge in [-0.25, -0.2) is 9.59 Å². The number of unbranched alkanes of at least 4 members (excludes halogenated alkanes) is 2. The Kier molecular flexibility index (Phi) is 11.2. The second-order valence-corrected chi connectivity index (χ2v) is 10.4. The first-order valence-electron chi connectivity index (χ1n) is 12.5. The van der Waals surface area contributed by atoms with Gasteiger partial charge in [-0.1, -0.05) is 79.5 Å². The lowest BCUT2D eigenvalue weighted by molar-refractivity contribution is -0.151. The van der Waals surface area contributed by atoms with Crippen molar-refractivity contribution in [1.29, 1.82) is 0 Å². The number of imide groups is 1. The molecule has 1 atom stereocenters. The van der Waals surface area contributed by atoms with Gasteiger partial charge in [-0.3, -0.25) is 19.3 Å². The molecule has 1 aliphatic rings. The minimum Gasteiger partial charge on any atom is -0.462 e. The quantitative estimate of drug-likeness (QED) is 0.0922. The molecule has 13 heteroatoms. The number of anilines is 1. The van der Waals surface area contributed by atoms with E-state index in [-0.39, 0.29) is 37.6 Å². The summed E-state index contributed by atoms with van der Waals surface area (Å²) in [5, 5.41) is 1.65. The standard InChI is InChI=1S/C27H26Cl4N2O7/c1-3-5-7-16(33-24(35)18-19(25(33)36)21(29)23(31)22(30)20(18)28)27(38)40-13-17(34)32-15-10-8-14(9-11-15)26(37)39-12-6-4-2/h8-11,16H,3-7,12-13H2,1-2H3,(H,32,34)/t16-/m1/s1. The lowest BCUT2D eigenvalue weighted by Gasteiger charge is -2.24. The molecule has 0 bridgehead atoms. The fourth-order valence-electron chi connectivity index (χ4n) is 3.91. The van der Waals surface area contributed by atoms with Crippen LogP contribution >= 0.6 is 46.4 Å². The SMILES string of the molecule is CCCCOC(=O)c1ccc(NC(=O)COC(=O)[C@@H](CCCC)N2C(=O)c3c(Cl)c(Cl)c(Cl)c(Cl)c3C2=O)cc1. The number of nitrogens with zero attached hydrogens (tertiary/aromatic N) is 1. The maximum Gasteiger partial charge on any atom is 0.338 e. The van der Waals surface area contributed by atoms with Crippen molar-refractivity contribution in [2.24, 2.45) is 0 Å². The van der Waals surface area contributed by atoms with E-state index < -0.39 is 42.3 Å². The molecule has 1 N–H and O–H groups in total. The summed E-state index contributed by atoms with van der Waals surface area (Å²) in [5.74, 6) is -3.86. The molecule has 0 spiro atoms. The average molecular weight is 632 g/mol. The van der Waals surface area contributed by atoms with Gasteiger partial charge >= 0.3 is 11.9 Å². The van der Waals surface area contributed by atoms with Crippen LogP contribution in [0, 0.1) is 0 Å². The molecule has 0 aliphatic carbocycles. The lowest BCUT2D eigenvalue weighted by Crippen LogP contribution is -2.46. The second-order valence-electron chi connectivity index (χ2n) is 8.87. The number of esters is 2. The first-order valence-corrected chi connectivity index (χ1v) is 14.0. The molecular weight excluding hydrogens is 606 g/mol. The van der Waals surface area contributed by atoms with Crippen molar-refractivity contribution in [3.8, 4) is 0 Å². The van der Waals surface area contributed by atoms with Gasteiger partial charge in [0.15, 0.2) is 6.61 Å². The van der Waals surface area contributed by atoms with Gasteiger partial charge in [0.2, 0.25) is 0 Å². The number of amides is 3. The van der Waals surface area contributed by atoms with Crippen molar-refractivity contribution in [3.63, 3.8) is 0 Å². The minimum absolute atomic E-state index is 0.0783. The van der Waals surface area contributed by atoms with E-state index in [9.17, 15) is 24.0 Å². The fourth-order valence-corrected chi connectivity index (χ4v) is 4.93. The third-order valence-corrected chi connectivity index (χ3v) is 7.83. The molecule has 40 heavy (non-hydrogen) atoms. The van der Waals surface area contributed by atoms with Gasteiger partial charge in [-0.15, -0.1) is 0 Å². The third-order valence-electron chi connectivity index (χ3n) is 6.03. The fraction of sp³-hybridized carbons (Fsp3) is 0.370. The molecule has 0 saturated carbocycles. The summed E-state index contributed by atoms with van der Waals surface area (Å²) in [6, 6.07) is 4.65. The molecule has 0 unspecified atom stereocenters. The molecule has 0 saturated heterocycles. The maximum atomic E-state index is 13.2. The summed E-state index contributed by atoms with van der Waals surface area (Å²) in [4.78, 5) is 64.7. The third kappa shape index (κ3) is 6.89. The Bertz CT molecular complexity index is 1280. The number of hydrogen-bond donors (Lipinski definition) is 1. The van der Waals surface area contributed by atoms with Crippen LogP contribution in [0.25, 0.3) is 0 Å². The first-order chi connectivity index (χ1) is 19.0. The average Bonchev–Trinajstić information content (AvgIpc) is 3.20. The predicted octanol–water partition coefficient (Wildman–Crippen LogP) is 6.59. The molecule has 2 aromatic rings. The second kappa shape index (κ2) is 14.2. The van der Waals surface area contributed by atoms with Crippen LogP contribution in [0.2, 0.25) is 20.1 Å².